The van der Waals surface area contributed by atoms with E-state index in [2.05, 4.69) is 30.1 Å². The van der Waals surface area contributed by atoms with Crippen LogP contribution in [0.1, 0.15) is 13.8 Å². The van der Waals surface area contributed by atoms with Crippen LogP contribution in [0.15, 0.2) is 11.6 Å². The largest absolute Gasteiger partial charge is 0.390 e. The van der Waals surface area contributed by atoms with Crippen molar-refractivity contribution in [1.29, 1.82) is 0 Å². The predicted octanol–water partition coefficient (Wildman–Crippen LogP) is 0.235. The molecule has 0 aliphatic carbocycles. The normalized spacial score (nSPS) is 19.4. The number of nitrogens with zero attached hydrogens (tertiary/aromatic N) is 1. The van der Waals surface area contributed by atoms with Gasteiger partial charge in [0.1, 0.15) is 0 Å². The Bertz CT molecular complexity index is 209. The third kappa shape index (κ3) is 6.23. The Morgan fingerprint density at radius 2 is 2.12 bits per heavy atom. The molecule has 94 valence electrons. The number of β-amino-alcohol motifs (C(OH)–C–C–N with tert-alkyl or cyclic N) is 1. The van der Waals surface area contributed by atoms with Crippen LogP contribution in [-0.4, -0.2) is 62.0 Å². The topological polar surface area (TPSA) is 44.7 Å². The van der Waals surface area contributed by atoms with Crippen molar-refractivity contribution in [3.8, 4) is 0 Å². The second-order valence-electron chi connectivity index (χ2n) is 4.51. The van der Waals surface area contributed by atoms with Crippen molar-refractivity contribution in [1.82, 2.24) is 10.2 Å². The van der Waals surface area contributed by atoms with Crippen LogP contribution in [0.4, 0.5) is 0 Å². The molecule has 4 nitrogen and oxygen atoms in total. The van der Waals surface area contributed by atoms with E-state index in [1.807, 2.05) is 0 Å². The molecule has 0 aromatic rings. The molecule has 1 rings (SSSR count). The molecule has 0 aromatic carbocycles. The molecule has 0 saturated carbocycles. The Kier molecular flexibility index (Phi) is 6.64. The summed E-state index contributed by atoms with van der Waals surface area (Å²) in [4.78, 5) is 2.25. The molecule has 0 bridgehead atoms. The Morgan fingerprint density at radius 1 is 1.44 bits per heavy atom. The second kappa shape index (κ2) is 7.79. The minimum atomic E-state index is -0.288. The van der Waals surface area contributed by atoms with Crippen molar-refractivity contribution in [2.45, 2.75) is 20.0 Å². The fourth-order valence-electron chi connectivity index (χ4n) is 1.67. The molecular weight excluding hydrogens is 204 g/mol. The van der Waals surface area contributed by atoms with Crippen molar-refractivity contribution < 1.29 is 9.84 Å². The van der Waals surface area contributed by atoms with Crippen LogP contribution < -0.4 is 5.32 Å². The lowest BCUT2D eigenvalue weighted by molar-refractivity contribution is 0.0151. The standard InChI is InChI=1S/C12H24N2O2/c1-11(2)3-4-13-9-12(15)10-14-5-7-16-8-6-14/h3,12-13,15H,4-10H2,1-2H3. The zero-order chi connectivity index (χ0) is 11.8. The van der Waals surface area contributed by atoms with Gasteiger partial charge in [0.05, 0.1) is 19.3 Å². The van der Waals surface area contributed by atoms with Crippen LogP contribution in [0.5, 0.6) is 0 Å². The van der Waals surface area contributed by atoms with E-state index in [-0.39, 0.29) is 6.10 Å². The van der Waals surface area contributed by atoms with Crippen LogP contribution in [-0.2, 0) is 4.74 Å². The highest BCUT2D eigenvalue weighted by molar-refractivity contribution is 4.94. The van der Waals surface area contributed by atoms with Crippen LogP contribution >= 0.6 is 0 Å². The molecular formula is C12H24N2O2. The van der Waals surface area contributed by atoms with Crippen LogP contribution in [0.2, 0.25) is 0 Å². The highest BCUT2D eigenvalue weighted by Crippen LogP contribution is 1.98. The van der Waals surface area contributed by atoms with Gasteiger partial charge in [-0.2, -0.15) is 0 Å². The summed E-state index contributed by atoms with van der Waals surface area (Å²) < 4.78 is 5.26. The van der Waals surface area contributed by atoms with E-state index in [0.29, 0.717) is 6.54 Å². The Balaban J connectivity index is 2.05. The number of morpholine rings is 1. The SMILES string of the molecule is CC(C)=CCNCC(O)CN1CCOCC1. The molecule has 16 heavy (non-hydrogen) atoms. The number of aliphatic hydroxyl groups is 1. The third-order valence-electron chi connectivity index (χ3n) is 2.61. The van der Waals surface area contributed by atoms with Gasteiger partial charge in [0, 0.05) is 32.7 Å². The van der Waals surface area contributed by atoms with E-state index >= 15 is 0 Å². The van der Waals surface area contributed by atoms with Gasteiger partial charge in [-0.15, -0.1) is 0 Å². The molecule has 1 fully saturated rings. The number of ether oxygens (including phenoxy) is 1. The monoisotopic (exact) mass is 228 g/mol. The number of allylic oxidation sites excluding steroid dienone is 1. The zero-order valence-electron chi connectivity index (χ0n) is 10.4. The molecule has 0 spiro atoms. The summed E-state index contributed by atoms with van der Waals surface area (Å²) in [5.74, 6) is 0. The molecule has 0 radical (unpaired) electrons. The van der Waals surface area contributed by atoms with E-state index in [1.54, 1.807) is 0 Å². The van der Waals surface area contributed by atoms with Crippen LogP contribution in [0.25, 0.3) is 0 Å². The molecule has 2 N–H and O–H groups in total. The smallest absolute Gasteiger partial charge is 0.0791 e. The molecule has 1 aliphatic rings. The summed E-state index contributed by atoms with van der Waals surface area (Å²) in [6, 6.07) is 0. The van der Waals surface area contributed by atoms with E-state index in [1.165, 1.54) is 5.57 Å². The molecule has 1 saturated heterocycles. The van der Waals surface area contributed by atoms with Crippen LogP contribution in [0.3, 0.4) is 0 Å². The number of aliphatic hydroxyl groups excluding tert-OH is 1. The lowest BCUT2D eigenvalue weighted by atomic mass is 10.3. The highest BCUT2D eigenvalue weighted by atomic mass is 16.5. The summed E-state index contributed by atoms with van der Waals surface area (Å²) in [6.45, 7) is 9.83. The maximum absolute atomic E-state index is 9.80. The number of nitrogens with one attached hydrogen (secondary N) is 1. The maximum atomic E-state index is 9.80. The average Bonchev–Trinajstić information content (AvgIpc) is 2.25. The Labute approximate surface area is 98.3 Å². The Morgan fingerprint density at radius 3 is 2.75 bits per heavy atom. The summed E-state index contributed by atoms with van der Waals surface area (Å²) in [7, 11) is 0. The first-order valence-electron chi connectivity index (χ1n) is 6.00. The van der Waals surface area contributed by atoms with Crippen molar-refractivity contribution in [3.63, 3.8) is 0 Å². The average molecular weight is 228 g/mol. The van der Waals surface area contributed by atoms with Gasteiger partial charge in [0.25, 0.3) is 0 Å². The fraction of sp³-hybridized carbons (Fsp3) is 0.833. The quantitative estimate of drug-likeness (QED) is 0.505. The zero-order valence-corrected chi connectivity index (χ0v) is 10.4. The van der Waals surface area contributed by atoms with Gasteiger partial charge in [0.15, 0.2) is 0 Å². The third-order valence-corrected chi connectivity index (χ3v) is 2.61. The number of hydrogen-bond acceptors (Lipinski definition) is 4. The van der Waals surface area contributed by atoms with Gasteiger partial charge in [-0.1, -0.05) is 11.6 Å². The van der Waals surface area contributed by atoms with E-state index in [9.17, 15) is 5.11 Å². The first kappa shape index (κ1) is 13.6. The second-order valence-corrected chi connectivity index (χ2v) is 4.51. The Hall–Kier alpha value is -0.420. The predicted molar refractivity (Wildman–Crippen MR) is 65.6 cm³/mol. The molecule has 1 atom stereocenters. The summed E-state index contributed by atoms with van der Waals surface area (Å²) in [5, 5.41) is 13.0. The molecule has 0 aromatic heterocycles. The van der Waals surface area contributed by atoms with Crippen molar-refractivity contribution in [3.05, 3.63) is 11.6 Å². The first-order chi connectivity index (χ1) is 7.68. The van der Waals surface area contributed by atoms with Crippen molar-refractivity contribution in [2.75, 3.05) is 45.9 Å². The first-order valence-corrected chi connectivity index (χ1v) is 6.00. The lowest BCUT2D eigenvalue weighted by Gasteiger charge is -2.28. The van der Waals surface area contributed by atoms with E-state index < -0.39 is 0 Å². The summed E-state index contributed by atoms with van der Waals surface area (Å²) in [6.07, 6.45) is 1.84. The van der Waals surface area contributed by atoms with Crippen LogP contribution in [0, 0.1) is 0 Å². The molecule has 1 aliphatic heterocycles. The van der Waals surface area contributed by atoms with Gasteiger partial charge < -0.3 is 15.2 Å². The summed E-state index contributed by atoms with van der Waals surface area (Å²) in [5.41, 5.74) is 1.30. The summed E-state index contributed by atoms with van der Waals surface area (Å²) >= 11 is 0. The number of rotatable bonds is 6. The van der Waals surface area contributed by atoms with Gasteiger partial charge in [-0.05, 0) is 13.8 Å². The van der Waals surface area contributed by atoms with Gasteiger partial charge in [0.2, 0.25) is 0 Å². The molecule has 1 unspecified atom stereocenters. The van der Waals surface area contributed by atoms with Gasteiger partial charge >= 0.3 is 0 Å². The maximum Gasteiger partial charge on any atom is 0.0791 e. The molecule has 1 heterocycles. The minimum Gasteiger partial charge on any atom is -0.390 e. The minimum absolute atomic E-state index is 0.288. The van der Waals surface area contributed by atoms with Gasteiger partial charge in [-0.25, -0.2) is 0 Å². The number of hydrogen-bond donors (Lipinski definition) is 2. The highest BCUT2D eigenvalue weighted by Gasteiger charge is 2.13. The van der Waals surface area contributed by atoms with E-state index in [4.69, 9.17) is 4.74 Å². The van der Waals surface area contributed by atoms with Crippen molar-refractivity contribution in [2.24, 2.45) is 0 Å². The molecule has 0 amide bonds. The lowest BCUT2D eigenvalue weighted by Crippen LogP contribution is -2.43. The van der Waals surface area contributed by atoms with Gasteiger partial charge in [-0.3, -0.25) is 4.90 Å². The van der Waals surface area contributed by atoms with E-state index in [0.717, 1.165) is 39.4 Å². The fourth-order valence-corrected chi connectivity index (χ4v) is 1.67. The molecule has 4 heteroatoms. The van der Waals surface area contributed by atoms with Crippen molar-refractivity contribution >= 4 is 0 Å².